The number of methoxy groups -OCH3 is 1. The number of aliphatic hydroxyl groups excluding tert-OH is 1. The lowest BCUT2D eigenvalue weighted by Gasteiger charge is -2.10. The Bertz CT molecular complexity index is 736. The maximum atomic E-state index is 12.3. The molecule has 0 aliphatic carbocycles. The summed E-state index contributed by atoms with van der Waals surface area (Å²) in [6.45, 7) is 4.78. The molecule has 5 heteroatoms. The molecule has 4 nitrogen and oxygen atoms in total. The van der Waals surface area contributed by atoms with Gasteiger partial charge in [0.2, 0.25) is 0 Å². The summed E-state index contributed by atoms with van der Waals surface area (Å²) in [5, 5.41) is 10.1. The van der Waals surface area contributed by atoms with Crippen molar-refractivity contribution in [1.82, 2.24) is 0 Å². The average molecular weight is 375 g/mol. The van der Waals surface area contributed by atoms with Gasteiger partial charge in [-0.1, -0.05) is 35.9 Å². The van der Waals surface area contributed by atoms with Crippen LogP contribution in [0.3, 0.4) is 0 Å². The monoisotopic (exact) mass is 374 g/mol. The SMILES string of the molecule is COc1ccc(COC/C(C)=C\[C@H](O)CS(=O)c2ccc(C)cc2)cc1. The Hall–Kier alpha value is -1.95. The van der Waals surface area contributed by atoms with Gasteiger partial charge in [-0.25, -0.2) is 0 Å². The van der Waals surface area contributed by atoms with Crippen LogP contribution in [0.25, 0.3) is 0 Å². The summed E-state index contributed by atoms with van der Waals surface area (Å²) in [5.74, 6) is 0.994. The first-order valence-corrected chi connectivity index (χ1v) is 9.81. The largest absolute Gasteiger partial charge is 0.497 e. The van der Waals surface area contributed by atoms with E-state index in [1.54, 1.807) is 13.2 Å². The highest BCUT2D eigenvalue weighted by Gasteiger charge is 2.10. The Labute approximate surface area is 157 Å². The highest BCUT2D eigenvalue weighted by Crippen LogP contribution is 2.13. The molecule has 140 valence electrons. The van der Waals surface area contributed by atoms with Gasteiger partial charge in [-0.3, -0.25) is 4.21 Å². The molecule has 2 atom stereocenters. The van der Waals surface area contributed by atoms with E-state index in [-0.39, 0.29) is 5.75 Å². The number of ether oxygens (including phenoxy) is 2. The van der Waals surface area contributed by atoms with Crippen molar-refractivity contribution in [2.45, 2.75) is 31.5 Å². The Morgan fingerprint density at radius 2 is 1.81 bits per heavy atom. The second-order valence-corrected chi connectivity index (χ2v) is 7.74. The van der Waals surface area contributed by atoms with E-state index in [2.05, 4.69) is 0 Å². The summed E-state index contributed by atoms with van der Waals surface area (Å²) < 4.78 is 23.1. The van der Waals surface area contributed by atoms with Crippen LogP contribution in [0.2, 0.25) is 0 Å². The molecule has 0 bridgehead atoms. The molecule has 0 spiro atoms. The molecule has 0 saturated carbocycles. The Balaban J connectivity index is 1.78. The molecule has 0 aliphatic rings. The Kier molecular flexibility index (Phi) is 8.04. The van der Waals surface area contributed by atoms with Crippen LogP contribution in [0.15, 0.2) is 65.1 Å². The van der Waals surface area contributed by atoms with E-state index in [0.29, 0.717) is 13.2 Å². The van der Waals surface area contributed by atoms with Crippen LogP contribution in [0.4, 0.5) is 0 Å². The third-order valence-electron chi connectivity index (χ3n) is 3.84. The molecule has 0 fully saturated rings. The highest BCUT2D eigenvalue weighted by molar-refractivity contribution is 7.85. The second kappa shape index (κ2) is 10.3. The smallest absolute Gasteiger partial charge is 0.118 e. The van der Waals surface area contributed by atoms with Crippen LogP contribution in [0.1, 0.15) is 18.1 Å². The molecule has 26 heavy (non-hydrogen) atoms. The third-order valence-corrected chi connectivity index (χ3v) is 5.28. The summed E-state index contributed by atoms with van der Waals surface area (Å²) in [6.07, 6.45) is 0.946. The van der Waals surface area contributed by atoms with Gasteiger partial charge in [-0.2, -0.15) is 0 Å². The van der Waals surface area contributed by atoms with Crippen LogP contribution in [-0.4, -0.2) is 34.9 Å². The number of hydrogen-bond donors (Lipinski definition) is 1. The molecule has 2 rings (SSSR count). The van der Waals surface area contributed by atoms with Crippen molar-refractivity contribution in [2.24, 2.45) is 0 Å². The molecule has 0 aromatic heterocycles. The predicted molar refractivity (Wildman–Crippen MR) is 105 cm³/mol. The van der Waals surface area contributed by atoms with Crippen molar-refractivity contribution in [2.75, 3.05) is 19.5 Å². The van der Waals surface area contributed by atoms with Crippen molar-refractivity contribution in [3.8, 4) is 5.75 Å². The minimum atomic E-state index is -1.22. The Morgan fingerprint density at radius 3 is 2.42 bits per heavy atom. The molecule has 0 amide bonds. The van der Waals surface area contributed by atoms with Crippen molar-refractivity contribution in [1.29, 1.82) is 0 Å². The first-order chi connectivity index (χ1) is 12.5. The fraction of sp³-hybridized carbons (Fsp3) is 0.333. The zero-order valence-electron chi connectivity index (χ0n) is 15.5. The molecular formula is C21H26O4S. The van der Waals surface area contributed by atoms with Gasteiger partial charge in [0, 0.05) is 4.90 Å². The standard InChI is InChI=1S/C21H26O4S/c1-16-4-10-21(11-5-16)26(23)15-19(22)12-17(2)13-25-14-18-6-8-20(24-3)9-7-18/h4-12,19,22H,13-15H2,1-3H3/b17-12-/t19-,26?/m0/s1. The summed E-state index contributed by atoms with van der Waals surface area (Å²) in [5.41, 5.74) is 3.09. The van der Waals surface area contributed by atoms with Crippen LogP contribution in [-0.2, 0) is 22.1 Å². The van der Waals surface area contributed by atoms with Crippen molar-refractivity contribution >= 4 is 10.8 Å². The van der Waals surface area contributed by atoms with E-state index < -0.39 is 16.9 Å². The molecule has 0 radical (unpaired) electrons. The highest BCUT2D eigenvalue weighted by atomic mass is 32.2. The summed E-state index contributed by atoms with van der Waals surface area (Å²) in [6, 6.07) is 15.2. The van der Waals surface area contributed by atoms with Crippen LogP contribution in [0.5, 0.6) is 5.75 Å². The van der Waals surface area contributed by atoms with Gasteiger partial charge in [0.15, 0.2) is 0 Å². The lowest BCUT2D eigenvalue weighted by molar-refractivity contribution is 0.141. The third kappa shape index (κ3) is 6.75. The second-order valence-electron chi connectivity index (χ2n) is 6.25. The summed E-state index contributed by atoms with van der Waals surface area (Å²) in [7, 11) is 0.412. The number of hydrogen-bond acceptors (Lipinski definition) is 4. The number of benzene rings is 2. The first kappa shape index (κ1) is 20.4. The van der Waals surface area contributed by atoms with E-state index in [4.69, 9.17) is 9.47 Å². The summed E-state index contributed by atoms with van der Waals surface area (Å²) >= 11 is 0. The predicted octanol–water partition coefficient (Wildman–Crippen LogP) is 3.64. The van der Waals surface area contributed by atoms with Gasteiger partial charge < -0.3 is 14.6 Å². The van der Waals surface area contributed by atoms with Gasteiger partial charge in [0.05, 0.1) is 43.0 Å². The number of aryl methyl sites for hydroxylation is 1. The molecule has 0 saturated heterocycles. The molecule has 2 aromatic carbocycles. The Morgan fingerprint density at radius 1 is 1.15 bits per heavy atom. The van der Waals surface area contributed by atoms with Crippen LogP contribution < -0.4 is 4.74 Å². The molecule has 1 unspecified atom stereocenters. The van der Waals surface area contributed by atoms with Gasteiger partial charge in [0.25, 0.3) is 0 Å². The number of rotatable bonds is 9. The lowest BCUT2D eigenvalue weighted by Crippen LogP contribution is -2.15. The minimum absolute atomic E-state index is 0.179. The van der Waals surface area contributed by atoms with Crippen molar-refractivity contribution in [3.05, 3.63) is 71.3 Å². The van der Waals surface area contributed by atoms with E-state index in [9.17, 15) is 9.32 Å². The first-order valence-electron chi connectivity index (χ1n) is 8.49. The van der Waals surface area contributed by atoms with E-state index in [0.717, 1.165) is 27.3 Å². The maximum absolute atomic E-state index is 12.3. The van der Waals surface area contributed by atoms with E-state index in [1.807, 2.05) is 62.4 Å². The molecule has 0 aliphatic heterocycles. The van der Waals surface area contributed by atoms with Gasteiger partial charge in [-0.05, 0) is 49.2 Å². The molecular weight excluding hydrogens is 348 g/mol. The zero-order valence-corrected chi connectivity index (χ0v) is 16.3. The normalized spacial score (nSPS) is 14.1. The minimum Gasteiger partial charge on any atom is -0.497 e. The lowest BCUT2D eigenvalue weighted by atomic mass is 10.2. The topological polar surface area (TPSA) is 55.8 Å². The maximum Gasteiger partial charge on any atom is 0.118 e. The summed E-state index contributed by atoms with van der Waals surface area (Å²) in [4.78, 5) is 0.733. The van der Waals surface area contributed by atoms with Crippen LogP contribution >= 0.6 is 0 Å². The van der Waals surface area contributed by atoms with E-state index >= 15 is 0 Å². The van der Waals surface area contributed by atoms with Crippen LogP contribution in [0, 0.1) is 6.92 Å². The fourth-order valence-electron chi connectivity index (χ4n) is 2.42. The molecule has 2 aromatic rings. The molecule has 1 N–H and O–H groups in total. The van der Waals surface area contributed by atoms with E-state index in [1.165, 1.54) is 0 Å². The van der Waals surface area contributed by atoms with Crippen molar-refractivity contribution in [3.63, 3.8) is 0 Å². The quantitative estimate of drug-likeness (QED) is 0.681. The number of aliphatic hydroxyl groups is 1. The van der Waals surface area contributed by atoms with Crippen molar-refractivity contribution < 1.29 is 18.8 Å². The fourth-order valence-corrected chi connectivity index (χ4v) is 3.46. The zero-order chi connectivity index (χ0) is 18.9. The van der Waals surface area contributed by atoms with Gasteiger partial charge in [0.1, 0.15) is 5.75 Å². The van der Waals surface area contributed by atoms with Gasteiger partial charge >= 0.3 is 0 Å². The average Bonchev–Trinajstić information content (AvgIpc) is 2.62. The van der Waals surface area contributed by atoms with Gasteiger partial charge in [-0.15, -0.1) is 0 Å². The molecule has 0 heterocycles.